The van der Waals surface area contributed by atoms with E-state index in [2.05, 4.69) is 23.8 Å². The van der Waals surface area contributed by atoms with Crippen molar-refractivity contribution in [2.75, 3.05) is 12.1 Å². The van der Waals surface area contributed by atoms with Crippen LogP contribution in [-0.4, -0.2) is 18.4 Å². The molecular weight excluding hydrogens is 294 g/mol. The molecule has 0 saturated heterocycles. The monoisotopic (exact) mass is 317 g/mol. The molecule has 0 aliphatic carbocycles. The number of rotatable bonds is 5. The van der Waals surface area contributed by atoms with Gasteiger partial charge in [0, 0.05) is 24.4 Å². The third-order valence-corrected chi connectivity index (χ3v) is 3.15. The van der Waals surface area contributed by atoms with Gasteiger partial charge >= 0.3 is 0 Å². The lowest BCUT2D eigenvalue weighted by molar-refractivity contribution is -0.109. The van der Waals surface area contributed by atoms with Gasteiger partial charge in [0.2, 0.25) is 12.3 Å². The Kier molecular flexibility index (Phi) is 7.52. The zero-order valence-corrected chi connectivity index (χ0v) is 13.6. The van der Waals surface area contributed by atoms with Crippen LogP contribution in [0.2, 0.25) is 0 Å². The van der Waals surface area contributed by atoms with E-state index in [-0.39, 0.29) is 0 Å². The van der Waals surface area contributed by atoms with Gasteiger partial charge in [-0.3, -0.25) is 10.2 Å². The number of benzene rings is 1. The van der Waals surface area contributed by atoms with Gasteiger partial charge in [0.1, 0.15) is 6.61 Å². The molecule has 7 heteroatoms. The molecule has 1 aromatic carbocycles. The molecule has 7 nitrogen and oxygen atoms in total. The van der Waals surface area contributed by atoms with E-state index >= 15 is 0 Å². The standard InChI is InChI=1S/C15H19N3O.CH4N2O/c1-11-6-4-8-14(18(3)16)13(11)10-19-15-12(2)7-5-9-17-15;2-3-1-4/h4-9H,10,16H2,1-3H3;1H,2H2,(H,3,4). The smallest absolute Gasteiger partial charge is 0.221 e. The molecular formula is C16H23N5O2. The Morgan fingerprint density at radius 2 is 1.91 bits per heavy atom. The van der Waals surface area contributed by atoms with Gasteiger partial charge in [0.15, 0.2) is 0 Å². The van der Waals surface area contributed by atoms with Gasteiger partial charge in [-0.1, -0.05) is 18.2 Å². The zero-order valence-electron chi connectivity index (χ0n) is 13.6. The first-order chi connectivity index (χ1) is 11.0. The number of nitrogens with one attached hydrogen (secondary N) is 1. The van der Waals surface area contributed by atoms with E-state index in [1.165, 1.54) is 0 Å². The summed E-state index contributed by atoms with van der Waals surface area (Å²) in [6, 6.07) is 9.91. The highest BCUT2D eigenvalue weighted by molar-refractivity contribution is 5.55. The second-order valence-corrected chi connectivity index (χ2v) is 4.88. The molecule has 0 aliphatic rings. The number of pyridine rings is 1. The lowest BCUT2D eigenvalue weighted by Gasteiger charge is -2.19. The summed E-state index contributed by atoms with van der Waals surface area (Å²) in [4.78, 5) is 13.2. The highest BCUT2D eigenvalue weighted by atomic mass is 16.5. The molecule has 0 aliphatic heterocycles. The summed E-state index contributed by atoms with van der Waals surface area (Å²) in [6.07, 6.45) is 2.14. The van der Waals surface area contributed by atoms with E-state index in [4.69, 9.17) is 15.4 Å². The molecule has 2 rings (SSSR count). The number of anilines is 1. The summed E-state index contributed by atoms with van der Waals surface area (Å²) in [5, 5.41) is 1.61. The maximum Gasteiger partial charge on any atom is 0.221 e. The van der Waals surface area contributed by atoms with E-state index in [1.54, 1.807) is 16.6 Å². The Hall–Kier alpha value is -2.64. The maximum absolute atomic E-state index is 8.94. The first kappa shape index (κ1) is 18.4. The first-order valence-electron chi connectivity index (χ1n) is 7.02. The van der Waals surface area contributed by atoms with Crippen molar-refractivity contribution in [2.45, 2.75) is 20.5 Å². The number of hydrazine groups is 2. The minimum atomic E-state index is 0.403. The van der Waals surface area contributed by atoms with Crippen LogP contribution in [-0.2, 0) is 11.4 Å². The first-order valence-corrected chi connectivity index (χ1v) is 7.02. The molecule has 5 N–H and O–H groups in total. The summed E-state index contributed by atoms with van der Waals surface area (Å²) in [6.45, 7) is 4.49. The fourth-order valence-electron chi connectivity index (χ4n) is 1.97. The van der Waals surface area contributed by atoms with Crippen LogP contribution >= 0.6 is 0 Å². The summed E-state index contributed by atoms with van der Waals surface area (Å²) in [7, 11) is 1.82. The molecule has 0 fully saturated rings. The maximum atomic E-state index is 8.94. The van der Waals surface area contributed by atoms with Gasteiger partial charge in [-0.25, -0.2) is 16.7 Å². The van der Waals surface area contributed by atoms with Crippen molar-refractivity contribution in [3.8, 4) is 5.88 Å². The molecule has 124 valence electrons. The predicted octanol–water partition coefficient (Wildman–Crippen LogP) is 1.19. The van der Waals surface area contributed by atoms with Crippen molar-refractivity contribution in [3.63, 3.8) is 0 Å². The Labute approximate surface area is 136 Å². The molecule has 0 radical (unpaired) electrons. The van der Waals surface area contributed by atoms with Crippen LogP contribution in [0.4, 0.5) is 5.69 Å². The van der Waals surface area contributed by atoms with E-state index in [1.807, 2.05) is 38.2 Å². The molecule has 0 unspecified atom stereocenters. The van der Waals surface area contributed by atoms with Crippen LogP contribution < -0.4 is 26.9 Å². The van der Waals surface area contributed by atoms with Crippen LogP contribution in [0.3, 0.4) is 0 Å². The predicted molar refractivity (Wildman–Crippen MR) is 90.5 cm³/mol. The van der Waals surface area contributed by atoms with Gasteiger partial charge in [-0.2, -0.15) is 0 Å². The van der Waals surface area contributed by atoms with E-state index in [0.29, 0.717) is 18.9 Å². The Balaban J connectivity index is 0.000000593. The summed E-state index contributed by atoms with van der Waals surface area (Å²) >= 11 is 0. The van der Waals surface area contributed by atoms with Crippen LogP contribution in [0.15, 0.2) is 36.5 Å². The summed E-state index contributed by atoms with van der Waals surface area (Å²) < 4.78 is 5.80. The van der Waals surface area contributed by atoms with Gasteiger partial charge < -0.3 is 9.75 Å². The topological polar surface area (TPSA) is 106 Å². The Bertz CT molecular complexity index is 632. The molecule has 0 atom stereocenters. The van der Waals surface area contributed by atoms with Crippen molar-refractivity contribution in [1.29, 1.82) is 0 Å². The van der Waals surface area contributed by atoms with Crippen molar-refractivity contribution in [1.82, 2.24) is 10.4 Å². The highest BCUT2D eigenvalue weighted by Crippen LogP contribution is 2.23. The SMILES string of the molecule is Cc1cccnc1OCc1c(C)cccc1N(C)N.NNC=O. The lowest BCUT2D eigenvalue weighted by atomic mass is 10.1. The zero-order chi connectivity index (χ0) is 17.2. The number of nitrogens with two attached hydrogens (primary N) is 2. The molecule has 0 saturated carbocycles. The van der Waals surface area contributed by atoms with E-state index in [9.17, 15) is 0 Å². The van der Waals surface area contributed by atoms with E-state index in [0.717, 1.165) is 22.4 Å². The second-order valence-electron chi connectivity index (χ2n) is 4.88. The van der Waals surface area contributed by atoms with Gasteiger partial charge in [0.25, 0.3) is 0 Å². The lowest BCUT2D eigenvalue weighted by Crippen LogP contribution is -2.26. The van der Waals surface area contributed by atoms with Crippen LogP contribution in [0.1, 0.15) is 16.7 Å². The van der Waals surface area contributed by atoms with Crippen molar-refractivity contribution in [2.24, 2.45) is 11.7 Å². The van der Waals surface area contributed by atoms with Crippen molar-refractivity contribution < 1.29 is 9.53 Å². The van der Waals surface area contributed by atoms with Crippen molar-refractivity contribution in [3.05, 3.63) is 53.2 Å². The number of nitrogens with zero attached hydrogens (tertiary/aromatic N) is 2. The molecule has 0 bridgehead atoms. The number of carbonyl (C=O) groups excluding carboxylic acids is 1. The molecule has 2 aromatic rings. The summed E-state index contributed by atoms with van der Waals surface area (Å²) in [5.41, 5.74) is 5.98. The van der Waals surface area contributed by atoms with Gasteiger partial charge in [-0.15, -0.1) is 0 Å². The number of amides is 1. The number of carbonyl (C=O) groups is 1. The fraction of sp³-hybridized carbons (Fsp3) is 0.250. The molecule has 0 spiro atoms. The molecule has 1 amide bonds. The summed E-state index contributed by atoms with van der Waals surface area (Å²) in [5.74, 6) is 10.9. The largest absolute Gasteiger partial charge is 0.473 e. The number of aromatic nitrogens is 1. The fourth-order valence-corrected chi connectivity index (χ4v) is 1.97. The molecule has 23 heavy (non-hydrogen) atoms. The number of hydrogen-bond acceptors (Lipinski definition) is 6. The number of aryl methyl sites for hydroxylation is 2. The third kappa shape index (κ3) is 5.57. The average Bonchev–Trinajstić information content (AvgIpc) is 2.55. The van der Waals surface area contributed by atoms with Crippen molar-refractivity contribution >= 4 is 12.1 Å². The van der Waals surface area contributed by atoms with Gasteiger partial charge in [-0.05, 0) is 31.5 Å². The average molecular weight is 317 g/mol. The third-order valence-electron chi connectivity index (χ3n) is 3.15. The normalized spacial score (nSPS) is 9.43. The van der Waals surface area contributed by atoms with Crippen LogP contribution in [0, 0.1) is 13.8 Å². The Morgan fingerprint density at radius 1 is 1.26 bits per heavy atom. The highest BCUT2D eigenvalue weighted by Gasteiger charge is 2.09. The van der Waals surface area contributed by atoms with Gasteiger partial charge in [0.05, 0.1) is 5.69 Å². The number of hydrogen-bond donors (Lipinski definition) is 3. The quantitative estimate of drug-likeness (QED) is 0.331. The Morgan fingerprint density at radius 3 is 2.48 bits per heavy atom. The molecule has 1 heterocycles. The van der Waals surface area contributed by atoms with Crippen LogP contribution in [0.5, 0.6) is 5.88 Å². The van der Waals surface area contributed by atoms with E-state index < -0.39 is 0 Å². The molecule has 1 aromatic heterocycles. The second kappa shape index (κ2) is 9.39. The minimum Gasteiger partial charge on any atom is -0.473 e. The minimum absolute atomic E-state index is 0.403. The van der Waals surface area contributed by atoms with Crippen LogP contribution in [0.25, 0.3) is 0 Å². The number of ether oxygens (including phenoxy) is 1.